The van der Waals surface area contributed by atoms with Crippen LogP contribution in [0.15, 0.2) is 54.6 Å². The number of terminal acetylenes is 1. The Hall–Kier alpha value is -2.27. The summed E-state index contributed by atoms with van der Waals surface area (Å²) in [6, 6.07) is 15.5. The van der Waals surface area contributed by atoms with E-state index in [0.717, 1.165) is 0 Å². The van der Waals surface area contributed by atoms with E-state index in [1.807, 2.05) is 18.2 Å². The first-order valence-corrected chi connectivity index (χ1v) is 5.23. The van der Waals surface area contributed by atoms with Crippen LogP contribution < -0.4 is 4.74 Å². The molecule has 0 amide bonds. The SMILES string of the molecule is C#CC(Oc1ccccc1)c1ccccc1F. The molecule has 1 nitrogen and oxygen atoms in total. The molecule has 17 heavy (non-hydrogen) atoms. The van der Waals surface area contributed by atoms with Gasteiger partial charge in [0.1, 0.15) is 11.6 Å². The number of ether oxygens (including phenoxy) is 1. The molecular formula is C15H11FO. The summed E-state index contributed by atoms with van der Waals surface area (Å²) in [5, 5.41) is 0. The maximum atomic E-state index is 13.6. The van der Waals surface area contributed by atoms with Crippen molar-refractivity contribution in [1.29, 1.82) is 0 Å². The van der Waals surface area contributed by atoms with E-state index in [0.29, 0.717) is 11.3 Å². The maximum absolute atomic E-state index is 13.6. The van der Waals surface area contributed by atoms with Crippen molar-refractivity contribution in [2.24, 2.45) is 0 Å². The minimum atomic E-state index is -0.710. The highest BCUT2D eigenvalue weighted by Gasteiger charge is 2.14. The Bertz CT molecular complexity index is 528. The molecule has 0 spiro atoms. The third kappa shape index (κ3) is 2.64. The van der Waals surface area contributed by atoms with Gasteiger partial charge in [-0.15, -0.1) is 6.42 Å². The van der Waals surface area contributed by atoms with Crippen LogP contribution in [0.25, 0.3) is 0 Å². The standard InChI is InChI=1S/C15H11FO/c1-2-15(13-10-6-7-11-14(13)16)17-12-8-4-3-5-9-12/h1,3-11,15H. The minimum absolute atomic E-state index is 0.355. The topological polar surface area (TPSA) is 9.23 Å². The minimum Gasteiger partial charge on any atom is -0.473 e. The largest absolute Gasteiger partial charge is 0.473 e. The average molecular weight is 226 g/mol. The molecule has 2 aromatic carbocycles. The lowest BCUT2D eigenvalue weighted by Gasteiger charge is -2.14. The van der Waals surface area contributed by atoms with E-state index < -0.39 is 6.10 Å². The maximum Gasteiger partial charge on any atom is 0.186 e. The molecule has 0 N–H and O–H groups in total. The lowest BCUT2D eigenvalue weighted by molar-refractivity contribution is 0.259. The second kappa shape index (κ2) is 5.18. The van der Waals surface area contributed by atoms with Gasteiger partial charge in [-0.05, 0) is 18.2 Å². The van der Waals surface area contributed by atoms with Gasteiger partial charge in [-0.2, -0.15) is 0 Å². The fraction of sp³-hybridized carbons (Fsp3) is 0.0667. The molecule has 1 atom stereocenters. The molecular weight excluding hydrogens is 215 g/mol. The summed E-state index contributed by atoms with van der Waals surface area (Å²) < 4.78 is 19.1. The number of hydrogen-bond acceptors (Lipinski definition) is 1. The van der Waals surface area contributed by atoms with Gasteiger partial charge in [-0.3, -0.25) is 0 Å². The van der Waals surface area contributed by atoms with Crippen molar-refractivity contribution in [1.82, 2.24) is 0 Å². The summed E-state index contributed by atoms with van der Waals surface area (Å²) in [6.45, 7) is 0. The summed E-state index contributed by atoms with van der Waals surface area (Å²) in [7, 11) is 0. The zero-order valence-electron chi connectivity index (χ0n) is 9.14. The quantitative estimate of drug-likeness (QED) is 0.727. The van der Waals surface area contributed by atoms with E-state index in [-0.39, 0.29) is 5.82 Å². The number of rotatable bonds is 3. The van der Waals surface area contributed by atoms with Crippen LogP contribution >= 0.6 is 0 Å². The predicted octanol–water partition coefficient (Wildman–Crippen LogP) is 3.58. The van der Waals surface area contributed by atoms with Gasteiger partial charge in [0.15, 0.2) is 6.10 Å². The number of halogens is 1. The van der Waals surface area contributed by atoms with Crippen molar-refractivity contribution >= 4 is 0 Å². The Morgan fingerprint density at radius 1 is 1.00 bits per heavy atom. The molecule has 2 aromatic rings. The van der Waals surface area contributed by atoms with Gasteiger partial charge < -0.3 is 4.74 Å². The van der Waals surface area contributed by atoms with Crippen molar-refractivity contribution in [2.75, 3.05) is 0 Å². The van der Waals surface area contributed by atoms with Crippen LogP contribution in [0.2, 0.25) is 0 Å². The third-order valence-corrected chi connectivity index (χ3v) is 2.34. The number of benzene rings is 2. The van der Waals surface area contributed by atoms with E-state index in [4.69, 9.17) is 11.2 Å². The smallest absolute Gasteiger partial charge is 0.186 e. The second-order valence-electron chi connectivity index (χ2n) is 3.50. The number of para-hydroxylation sites is 1. The molecule has 0 bridgehead atoms. The van der Waals surface area contributed by atoms with Crippen LogP contribution in [-0.4, -0.2) is 0 Å². The van der Waals surface area contributed by atoms with Crippen LogP contribution in [0, 0.1) is 18.2 Å². The lowest BCUT2D eigenvalue weighted by atomic mass is 10.1. The van der Waals surface area contributed by atoms with Crippen molar-refractivity contribution in [3.8, 4) is 18.1 Å². The molecule has 1 unspecified atom stereocenters. The Morgan fingerprint density at radius 3 is 2.29 bits per heavy atom. The molecule has 0 radical (unpaired) electrons. The first-order chi connectivity index (χ1) is 8.31. The van der Waals surface area contributed by atoms with E-state index in [9.17, 15) is 4.39 Å². The van der Waals surface area contributed by atoms with Gasteiger partial charge in [0.2, 0.25) is 0 Å². The van der Waals surface area contributed by atoms with Crippen LogP contribution in [0.3, 0.4) is 0 Å². The molecule has 0 saturated heterocycles. The molecule has 2 heteroatoms. The monoisotopic (exact) mass is 226 g/mol. The van der Waals surface area contributed by atoms with Gasteiger partial charge in [-0.25, -0.2) is 4.39 Å². The summed E-state index contributed by atoms with van der Waals surface area (Å²) >= 11 is 0. The van der Waals surface area contributed by atoms with Crippen LogP contribution in [0.1, 0.15) is 11.7 Å². The first-order valence-electron chi connectivity index (χ1n) is 5.23. The lowest BCUT2D eigenvalue weighted by Crippen LogP contribution is -2.07. The molecule has 0 fully saturated rings. The van der Waals surface area contributed by atoms with Gasteiger partial charge in [0.25, 0.3) is 0 Å². The Morgan fingerprint density at radius 2 is 1.65 bits per heavy atom. The summed E-state index contributed by atoms with van der Waals surface area (Å²) in [5.41, 5.74) is 0.374. The third-order valence-electron chi connectivity index (χ3n) is 2.34. The molecule has 0 aliphatic rings. The first kappa shape index (κ1) is 11.2. The van der Waals surface area contributed by atoms with Gasteiger partial charge in [-0.1, -0.05) is 42.3 Å². The van der Waals surface area contributed by atoms with Crippen molar-refractivity contribution in [3.63, 3.8) is 0 Å². The van der Waals surface area contributed by atoms with Gasteiger partial charge in [0, 0.05) is 5.56 Å². The molecule has 0 heterocycles. The average Bonchev–Trinajstić information content (AvgIpc) is 2.38. The molecule has 0 saturated carbocycles. The van der Waals surface area contributed by atoms with Crippen molar-refractivity contribution in [2.45, 2.75) is 6.10 Å². The highest BCUT2D eigenvalue weighted by Crippen LogP contribution is 2.22. The molecule has 84 valence electrons. The van der Waals surface area contributed by atoms with Gasteiger partial charge >= 0.3 is 0 Å². The Balaban J connectivity index is 2.25. The zero-order valence-corrected chi connectivity index (χ0v) is 9.14. The van der Waals surface area contributed by atoms with Crippen molar-refractivity contribution < 1.29 is 9.13 Å². The molecule has 0 aliphatic carbocycles. The predicted molar refractivity (Wildman–Crippen MR) is 65.0 cm³/mol. The highest BCUT2D eigenvalue weighted by atomic mass is 19.1. The second-order valence-corrected chi connectivity index (χ2v) is 3.50. The summed E-state index contributed by atoms with van der Waals surface area (Å²) in [4.78, 5) is 0. The fourth-order valence-corrected chi connectivity index (χ4v) is 1.51. The summed E-state index contributed by atoms with van der Waals surface area (Å²) in [5.74, 6) is 2.71. The zero-order chi connectivity index (χ0) is 12.1. The fourth-order valence-electron chi connectivity index (χ4n) is 1.51. The number of hydrogen-bond donors (Lipinski definition) is 0. The van der Waals surface area contributed by atoms with Crippen LogP contribution in [0.5, 0.6) is 5.75 Å². The van der Waals surface area contributed by atoms with E-state index in [2.05, 4.69) is 5.92 Å². The van der Waals surface area contributed by atoms with E-state index >= 15 is 0 Å². The van der Waals surface area contributed by atoms with Crippen molar-refractivity contribution in [3.05, 3.63) is 66.0 Å². The van der Waals surface area contributed by atoms with E-state index in [1.165, 1.54) is 6.07 Å². The van der Waals surface area contributed by atoms with Gasteiger partial charge in [0.05, 0.1) is 0 Å². The molecule has 0 aliphatic heterocycles. The van der Waals surface area contributed by atoms with Crippen LogP contribution in [0.4, 0.5) is 4.39 Å². The van der Waals surface area contributed by atoms with E-state index in [1.54, 1.807) is 30.3 Å². The molecule has 0 aromatic heterocycles. The van der Waals surface area contributed by atoms with Crippen LogP contribution in [-0.2, 0) is 0 Å². The normalized spacial score (nSPS) is 11.5. The Labute approximate surface area is 99.9 Å². The molecule has 2 rings (SSSR count). The Kier molecular flexibility index (Phi) is 3.42. The summed E-state index contributed by atoms with van der Waals surface area (Å²) in [6.07, 6.45) is 4.67. The highest BCUT2D eigenvalue weighted by molar-refractivity contribution is 5.29.